The number of alkyl halides is 1. The maximum Gasteiger partial charge on any atom is 0.0666 e. The molecule has 1 saturated carbocycles. The molecule has 1 nitrogen and oxygen atoms in total. The van der Waals surface area contributed by atoms with Gasteiger partial charge in [-0.1, -0.05) is 43.4 Å². The van der Waals surface area contributed by atoms with Gasteiger partial charge in [0.1, 0.15) is 0 Å². The predicted molar refractivity (Wildman–Crippen MR) is 63.7 cm³/mol. The van der Waals surface area contributed by atoms with E-state index in [9.17, 15) is 0 Å². The van der Waals surface area contributed by atoms with Crippen LogP contribution in [0, 0.1) is 28.6 Å². The molecule has 1 aliphatic carbocycles. The Morgan fingerprint density at radius 2 is 1.92 bits per heavy atom. The zero-order valence-electron chi connectivity index (χ0n) is 8.68. The molecule has 2 heteroatoms. The fraction of sp³-hybridized carbons (Fsp3) is 0.909. The summed E-state index contributed by atoms with van der Waals surface area (Å²) in [4.78, 5) is 0. The molecule has 1 rings (SSSR count). The highest BCUT2D eigenvalue weighted by molar-refractivity contribution is 14.1. The van der Waals surface area contributed by atoms with Gasteiger partial charge in [0.05, 0.1) is 12.0 Å². The number of nitriles is 1. The van der Waals surface area contributed by atoms with Gasteiger partial charge >= 0.3 is 0 Å². The van der Waals surface area contributed by atoms with Crippen LogP contribution in [0.1, 0.15) is 40.0 Å². The van der Waals surface area contributed by atoms with Crippen LogP contribution in [0.3, 0.4) is 0 Å². The van der Waals surface area contributed by atoms with Gasteiger partial charge in [-0.25, -0.2) is 0 Å². The third-order valence-electron chi connectivity index (χ3n) is 3.16. The highest BCUT2D eigenvalue weighted by Gasteiger charge is 2.34. The topological polar surface area (TPSA) is 23.8 Å². The summed E-state index contributed by atoms with van der Waals surface area (Å²) in [5.74, 6) is 1.11. The van der Waals surface area contributed by atoms with Gasteiger partial charge in [0.25, 0.3) is 0 Å². The van der Waals surface area contributed by atoms with Crippen molar-refractivity contribution < 1.29 is 0 Å². The van der Waals surface area contributed by atoms with E-state index in [1.807, 2.05) is 0 Å². The summed E-state index contributed by atoms with van der Waals surface area (Å²) < 4.78 is 0.570. The average molecular weight is 291 g/mol. The first-order valence-corrected chi connectivity index (χ1v) is 6.23. The molecule has 0 heterocycles. The SMILES string of the molecule is CC(C)(C)C1CCC(C#N)C(I)C1. The van der Waals surface area contributed by atoms with Gasteiger partial charge in [-0.15, -0.1) is 0 Å². The lowest BCUT2D eigenvalue weighted by Gasteiger charge is -2.37. The van der Waals surface area contributed by atoms with E-state index < -0.39 is 0 Å². The second-order valence-corrected chi connectivity index (χ2v) is 6.73. The van der Waals surface area contributed by atoms with Crippen molar-refractivity contribution in [3.63, 3.8) is 0 Å². The minimum absolute atomic E-state index is 0.305. The third-order valence-corrected chi connectivity index (χ3v) is 4.54. The lowest BCUT2D eigenvalue weighted by atomic mass is 9.70. The van der Waals surface area contributed by atoms with Crippen LogP contribution in [0.25, 0.3) is 0 Å². The van der Waals surface area contributed by atoms with Crippen LogP contribution in [0.15, 0.2) is 0 Å². The van der Waals surface area contributed by atoms with Crippen LogP contribution in [-0.4, -0.2) is 3.92 Å². The molecule has 74 valence electrons. The first kappa shape index (κ1) is 11.3. The Kier molecular flexibility index (Phi) is 3.62. The summed E-state index contributed by atoms with van der Waals surface area (Å²) >= 11 is 2.45. The van der Waals surface area contributed by atoms with E-state index in [4.69, 9.17) is 5.26 Å². The van der Waals surface area contributed by atoms with Gasteiger partial charge in [0.2, 0.25) is 0 Å². The van der Waals surface area contributed by atoms with Gasteiger partial charge in [0.15, 0.2) is 0 Å². The van der Waals surface area contributed by atoms with E-state index in [1.165, 1.54) is 12.8 Å². The minimum atomic E-state index is 0.305. The molecular weight excluding hydrogens is 273 g/mol. The van der Waals surface area contributed by atoms with Crippen LogP contribution >= 0.6 is 22.6 Å². The molecule has 1 fully saturated rings. The van der Waals surface area contributed by atoms with E-state index in [-0.39, 0.29) is 0 Å². The molecule has 0 saturated heterocycles. The van der Waals surface area contributed by atoms with Gasteiger partial charge in [0, 0.05) is 3.92 Å². The third kappa shape index (κ3) is 2.83. The summed E-state index contributed by atoms with van der Waals surface area (Å²) in [7, 11) is 0. The molecule has 0 radical (unpaired) electrons. The standard InChI is InChI=1S/C11H18IN/c1-11(2,3)9-5-4-8(7-13)10(12)6-9/h8-10H,4-6H2,1-3H3. The Hall–Kier alpha value is 0.220. The van der Waals surface area contributed by atoms with Crippen molar-refractivity contribution in [3.8, 4) is 6.07 Å². The monoisotopic (exact) mass is 291 g/mol. The lowest BCUT2D eigenvalue weighted by molar-refractivity contribution is 0.172. The largest absolute Gasteiger partial charge is 0.198 e. The van der Waals surface area contributed by atoms with E-state index in [2.05, 4.69) is 49.4 Å². The first-order chi connectivity index (χ1) is 5.95. The maximum absolute atomic E-state index is 8.90. The maximum atomic E-state index is 8.90. The molecule has 0 amide bonds. The predicted octanol–water partition coefficient (Wildman–Crippen LogP) is 3.78. The molecule has 0 aromatic carbocycles. The molecule has 0 aromatic rings. The smallest absolute Gasteiger partial charge is 0.0666 e. The van der Waals surface area contributed by atoms with Crippen molar-refractivity contribution in [2.75, 3.05) is 0 Å². The van der Waals surface area contributed by atoms with Crippen molar-refractivity contribution in [1.82, 2.24) is 0 Å². The van der Waals surface area contributed by atoms with Crippen LogP contribution in [0.5, 0.6) is 0 Å². The zero-order chi connectivity index (χ0) is 10.1. The Morgan fingerprint density at radius 3 is 2.31 bits per heavy atom. The van der Waals surface area contributed by atoms with Crippen LogP contribution in [-0.2, 0) is 0 Å². The number of hydrogen-bond acceptors (Lipinski definition) is 1. The highest BCUT2D eigenvalue weighted by Crippen LogP contribution is 2.42. The number of halogens is 1. The molecular formula is C11H18IN. The Bertz CT molecular complexity index is 211. The number of rotatable bonds is 0. The summed E-state index contributed by atoms with van der Waals surface area (Å²) in [6.07, 6.45) is 3.57. The van der Waals surface area contributed by atoms with Crippen LogP contribution in [0.4, 0.5) is 0 Å². The quantitative estimate of drug-likeness (QED) is 0.492. The average Bonchev–Trinajstić information content (AvgIpc) is 2.02. The highest BCUT2D eigenvalue weighted by atomic mass is 127. The fourth-order valence-corrected chi connectivity index (χ4v) is 3.18. The van der Waals surface area contributed by atoms with Crippen molar-refractivity contribution in [3.05, 3.63) is 0 Å². The van der Waals surface area contributed by atoms with E-state index in [0.717, 1.165) is 12.3 Å². The van der Waals surface area contributed by atoms with Crippen LogP contribution < -0.4 is 0 Å². The second-order valence-electron chi connectivity index (χ2n) is 5.13. The molecule has 0 aromatic heterocycles. The molecule has 3 atom stereocenters. The normalized spacial score (nSPS) is 35.5. The van der Waals surface area contributed by atoms with E-state index in [1.54, 1.807) is 0 Å². The van der Waals surface area contributed by atoms with E-state index in [0.29, 0.717) is 15.3 Å². The van der Waals surface area contributed by atoms with Gasteiger partial charge in [-0.3, -0.25) is 0 Å². The number of nitrogens with zero attached hydrogens (tertiary/aromatic N) is 1. The molecule has 0 aliphatic heterocycles. The van der Waals surface area contributed by atoms with Crippen molar-refractivity contribution in [2.24, 2.45) is 17.3 Å². The second kappa shape index (κ2) is 4.16. The summed E-state index contributed by atoms with van der Waals surface area (Å²) in [6, 6.07) is 2.42. The van der Waals surface area contributed by atoms with Crippen molar-refractivity contribution in [1.29, 1.82) is 5.26 Å². The fourth-order valence-electron chi connectivity index (χ4n) is 2.05. The summed E-state index contributed by atoms with van der Waals surface area (Å²) in [5, 5.41) is 8.90. The molecule has 1 aliphatic rings. The summed E-state index contributed by atoms with van der Waals surface area (Å²) in [5.41, 5.74) is 0.420. The lowest BCUT2D eigenvalue weighted by Crippen LogP contribution is -2.31. The molecule has 0 N–H and O–H groups in total. The Morgan fingerprint density at radius 1 is 1.31 bits per heavy atom. The van der Waals surface area contributed by atoms with Crippen molar-refractivity contribution >= 4 is 22.6 Å². The summed E-state index contributed by atoms with van der Waals surface area (Å²) in [6.45, 7) is 6.94. The molecule has 3 unspecified atom stereocenters. The molecule has 0 bridgehead atoms. The van der Waals surface area contributed by atoms with Gasteiger partial charge in [-0.2, -0.15) is 5.26 Å². The zero-order valence-corrected chi connectivity index (χ0v) is 10.8. The van der Waals surface area contributed by atoms with Gasteiger partial charge < -0.3 is 0 Å². The van der Waals surface area contributed by atoms with Crippen molar-refractivity contribution in [2.45, 2.75) is 44.0 Å². The molecule has 13 heavy (non-hydrogen) atoms. The number of hydrogen-bond donors (Lipinski definition) is 0. The van der Waals surface area contributed by atoms with E-state index >= 15 is 0 Å². The Balaban J connectivity index is 2.57. The Labute approximate surface area is 95.0 Å². The first-order valence-electron chi connectivity index (χ1n) is 4.99. The van der Waals surface area contributed by atoms with Crippen LogP contribution in [0.2, 0.25) is 0 Å². The molecule has 0 spiro atoms. The van der Waals surface area contributed by atoms with Gasteiger partial charge in [-0.05, 0) is 30.6 Å². The minimum Gasteiger partial charge on any atom is -0.198 e.